The average Bonchev–Trinajstić information content (AvgIpc) is 2.78. The molecule has 2 N–H and O–H groups in total. The van der Waals surface area contributed by atoms with Gasteiger partial charge in [-0.1, -0.05) is 6.07 Å². The molecule has 90 valence electrons. The Balaban J connectivity index is 1.98. The summed E-state index contributed by atoms with van der Waals surface area (Å²) in [5, 5.41) is 0. The Hall–Kier alpha value is -1.35. The van der Waals surface area contributed by atoms with Crippen LogP contribution in [-0.2, 0) is 19.3 Å². The van der Waals surface area contributed by atoms with Gasteiger partial charge in [0, 0.05) is 25.2 Å². The van der Waals surface area contributed by atoms with E-state index in [1.807, 2.05) is 4.90 Å². The second-order valence-corrected chi connectivity index (χ2v) is 4.96. The van der Waals surface area contributed by atoms with Crippen molar-refractivity contribution in [3.05, 3.63) is 34.4 Å². The number of amides is 1. The van der Waals surface area contributed by atoms with Crippen molar-refractivity contribution in [2.45, 2.75) is 25.7 Å². The van der Waals surface area contributed by atoms with Gasteiger partial charge in [-0.25, -0.2) is 0 Å². The Morgan fingerprint density at radius 1 is 1.12 bits per heavy atom. The summed E-state index contributed by atoms with van der Waals surface area (Å²) in [4.78, 5) is 14.2. The Morgan fingerprint density at radius 2 is 1.88 bits per heavy atom. The van der Waals surface area contributed by atoms with Crippen LogP contribution in [0.15, 0.2) is 12.1 Å². The van der Waals surface area contributed by atoms with E-state index in [0.717, 1.165) is 24.9 Å². The first-order valence-electron chi connectivity index (χ1n) is 6.43. The van der Waals surface area contributed by atoms with Gasteiger partial charge in [0.05, 0.1) is 0 Å². The number of hydrogen-bond donors (Lipinski definition) is 1. The maximum Gasteiger partial charge on any atom is 0.254 e. The number of hydrogen-bond acceptors (Lipinski definition) is 2. The smallest absolute Gasteiger partial charge is 0.254 e. The number of nitrogens with zero attached hydrogens (tertiary/aromatic N) is 1. The SMILES string of the molecule is NCCN1CCc2cc3c(cc2C1=O)CCC3. The molecule has 0 bridgehead atoms. The van der Waals surface area contributed by atoms with Gasteiger partial charge in [0.25, 0.3) is 5.91 Å². The van der Waals surface area contributed by atoms with Gasteiger partial charge in [-0.2, -0.15) is 0 Å². The van der Waals surface area contributed by atoms with Gasteiger partial charge in [-0.05, 0) is 48.4 Å². The highest BCUT2D eigenvalue weighted by molar-refractivity contribution is 5.97. The zero-order valence-electron chi connectivity index (χ0n) is 10.0. The minimum absolute atomic E-state index is 0.173. The van der Waals surface area contributed by atoms with Crippen LogP contribution < -0.4 is 5.73 Å². The summed E-state index contributed by atoms with van der Waals surface area (Å²) < 4.78 is 0. The molecule has 1 heterocycles. The maximum absolute atomic E-state index is 12.3. The van der Waals surface area contributed by atoms with Crippen LogP contribution in [0.5, 0.6) is 0 Å². The molecule has 0 saturated heterocycles. The highest BCUT2D eigenvalue weighted by Crippen LogP contribution is 2.28. The molecule has 1 aliphatic carbocycles. The molecule has 0 unspecified atom stereocenters. The normalized spacial score (nSPS) is 18.2. The van der Waals surface area contributed by atoms with E-state index in [0.29, 0.717) is 13.1 Å². The first kappa shape index (κ1) is 10.8. The summed E-state index contributed by atoms with van der Waals surface area (Å²) in [5.41, 5.74) is 10.5. The van der Waals surface area contributed by atoms with Crippen LogP contribution in [0.2, 0.25) is 0 Å². The van der Waals surface area contributed by atoms with Gasteiger partial charge in [-0.15, -0.1) is 0 Å². The molecular weight excluding hydrogens is 212 g/mol. The van der Waals surface area contributed by atoms with Crippen molar-refractivity contribution in [2.75, 3.05) is 19.6 Å². The standard InChI is InChI=1S/C14H18N2O/c15-5-7-16-6-4-12-8-10-2-1-3-11(10)9-13(12)14(16)17/h8-9H,1-7,15H2. The van der Waals surface area contributed by atoms with E-state index in [-0.39, 0.29) is 5.91 Å². The van der Waals surface area contributed by atoms with Gasteiger partial charge < -0.3 is 10.6 Å². The van der Waals surface area contributed by atoms with E-state index in [4.69, 9.17) is 5.73 Å². The number of rotatable bonds is 2. The van der Waals surface area contributed by atoms with Crippen molar-refractivity contribution in [3.8, 4) is 0 Å². The molecule has 1 aliphatic heterocycles. The molecule has 1 aromatic carbocycles. The first-order chi connectivity index (χ1) is 8.29. The van der Waals surface area contributed by atoms with E-state index < -0.39 is 0 Å². The molecule has 0 spiro atoms. The second-order valence-electron chi connectivity index (χ2n) is 4.96. The fourth-order valence-corrected chi connectivity index (χ4v) is 2.98. The zero-order chi connectivity index (χ0) is 11.8. The molecule has 0 atom stereocenters. The third-order valence-corrected chi connectivity index (χ3v) is 3.89. The minimum Gasteiger partial charge on any atom is -0.337 e. The van der Waals surface area contributed by atoms with Crippen molar-refractivity contribution in [1.29, 1.82) is 0 Å². The topological polar surface area (TPSA) is 46.3 Å². The molecule has 1 aromatic rings. The molecule has 17 heavy (non-hydrogen) atoms. The maximum atomic E-state index is 12.3. The molecular formula is C14H18N2O. The number of carbonyl (C=O) groups excluding carboxylic acids is 1. The zero-order valence-corrected chi connectivity index (χ0v) is 10.0. The van der Waals surface area contributed by atoms with Crippen LogP contribution in [0.4, 0.5) is 0 Å². The average molecular weight is 230 g/mol. The molecule has 1 amide bonds. The quantitative estimate of drug-likeness (QED) is 0.828. The lowest BCUT2D eigenvalue weighted by atomic mass is 9.94. The lowest BCUT2D eigenvalue weighted by Gasteiger charge is -2.28. The van der Waals surface area contributed by atoms with Gasteiger partial charge >= 0.3 is 0 Å². The van der Waals surface area contributed by atoms with Crippen molar-refractivity contribution >= 4 is 5.91 Å². The van der Waals surface area contributed by atoms with Gasteiger partial charge in [0.2, 0.25) is 0 Å². The summed E-state index contributed by atoms with van der Waals surface area (Å²) in [6.45, 7) is 2.04. The van der Waals surface area contributed by atoms with Crippen molar-refractivity contribution in [1.82, 2.24) is 4.90 Å². The molecule has 3 rings (SSSR count). The number of carbonyl (C=O) groups is 1. The number of nitrogens with two attached hydrogens (primary N) is 1. The van der Waals surface area contributed by atoms with E-state index >= 15 is 0 Å². The van der Waals surface area contributed by atoms with Gasteiger partial charge in [0.15, 0.2) is 0 Å². The number of aryl methyl sites for hydroxylation is 2. The van der Waals surface area contributed by atoms with Crippen LogP contribution in [0.3, 0.4) is 0 Å². The van der Waals surface area contributed by atoms with Crippen LogP contribution >= 0.6 is 0 Å². The van der Waals surface area contributed by atoms with Crippen molar-refractivity contribution in [3.63, 3.8) is 0 Å². The van der Waals surface area contributed by atoms with Crippen molar-refractivity contribution < 1.29 is 4.79 Å². The van der Waals surface area contributed by atoms with Gasteiger partial charge in [0.1, 0.15) is 0 Å². The monoisotopic (exact) mass is 230 g/mol. The third-order valence-electron chi connectivity index (χ3n) is 3.89. The first-order valence-corrected chi connectivity index (χ1v) is 6.43. The predicted molar refractivity (Wildman–Crippen MR) is 67.1 cm³/mol. The van der Waals surface area contributed by atoms with Crippen molar-refractivity contribution in [2.24, 2.45) is 5.73 Å². The molecule has 3 nitrogen and oxygen atoms in total. The Labute approximate surface area is 102 Å². The molecule has 0 fully saturated rings. The van der Waals surface area contributed by atoms with E-state index in [1.54, 1.807) is 0 Å². The molecule has 0 radical (unpaired) electrons. The minimum atomic E-state index is 0.173. The summed E-state index contributed by atoms with van der Waals surface area (Å²) in [5.74, 6) is 0.173. The number of benzene rings is 1. The fraction of sp³-hybridized carbons (Fsp3) is 0.500. The number of fused-ring (bicyclic) bond motifs is 2. The van der Waals surface area contributed by atoms with Crippen LogP contribution in [0, 0.1) is 0 Å². The summed E-state index contributed by atoms with van der Waals surface area (Å²) in [6, 6.07) is 4.39. The summed E-state index contributed by atoms with van der Waals surface area (Å²) in [7, 11) is 0. The molecule has 0 aromatic heterocycles. The fourth-order valence-electron chi connectivity index (χ4n) is 2.98. The molecule has 0 saturated carbocycles. The van der Waals surface area contributed by atoms with Gasteiger partial charge in [-0.3, -0.25) is 4.79 Å². The Kier molecular flexibility index (Phi) is 2.63. The molecule has 2 aliphatic rings. The van der Waals surface area contributed by atoms with Crippen LogP contribution in [-0.4, -0.2) is 30.4 Å². The van der Waals surface area contributed by atoms with Crippen LogP contribution in [0.1, 0.15) is 33.5 Å². The lowest BCUT2D eigenvalue weighted by molar-refractivity contribution is 0.0744. The second kappa shape index (κ2) is 4.15. The van der Waals surface area contributed by atoms with E-state index in [2.05, 4.69) is 12.1 Å². The Bertz CT molecular complexity index is 468. The Morgan fingerprint density at radius 3 is 2.65 bits per heavy atom. The highest BCUT2D eigenvalue weighted by atomic mass is 16.2. The van der Waals surface area contributed by atoms with Crippen LogP contribution in [0.25, 0.3) is 0 Å². The molecule has 3 heteroatoms. The van der Waals surface area contributed by atoms with E-state index in [9.17, 15) is 4.79 Å². The predicted octanol–water partition coefficient (Wildman–Crippen LogP) is 1.13. The summed E-state index contributed by atoms with van der Waals surface area (Å²) in [6.07, 6.45) is 4.53. The third kappa shape index (κ3) is 1.75. The largest absolute Gasteiger partial charge is 0.337 e. The highest BCUT2D eigenvalue weighted by Gasteiger charge is 2.26. The summed E-state index contributed by atoms with van der Waals surface area (Å²) >= 11 is 0. The van der Waals surface area contributed by atoms with E-state index in [1.165, 1.54) is 29.5 Å². The lowest BCUT2D eigenvalue weighted by Crippen LogP contribution is -2.40.